The first kappa shape index (κ1) is 12.8. The highest BCUT2D eigenvalue weighted by Gasteiger charge is 2.01. The molecule has 1 aromatic carbocycles. The summed E-state index contributed by atoms with van der Waals surface area (Å²) in [5.74, 6) is 1.26. The third-order valence-electron chi connectivity index (χ3n) is 2.47. The van der Waals surface area contributed by atoms with Crippen molar-refractivity contribution in [1.29, 1.82) is 0 Å². The maximum atomic E-state index is 9.20. The van der Waals surface area contributed by atoms with Crippen LogP contribution in [0.15, 0.2) is 29.8 Å². The number of benzene rings is 1. The Bertz CT molecular complexity index is 336. The van der Waals surface area contributed by atoms with Crippen LogP contribution in [0.1, 0.15) is 26.3 Å². The van der Waals surface area contributed by atoms with E-state index >= 15 is 0 Å². The number of ether oxygens (including phenoxy) is 1. The average molecular weight is 220 g/mol. The molecule has 2 heteroatoms. The summed E-state index contributed by atoms with van der Waals surface area (Å²) in [6.45, 7) is 6.93. The van der Waals surface area contributed by atoms with Crippen LogP contribution in [0, 0.1) is 5.92 Å². The van der Waals surface area contributed by atoms with E-state index in [1.54, 1.807) is 0 Å². The molecule has 2 nitrogen and oxygen atoms in total. The summed E-state index contributed by atoms with van der Waals surface area (Å²) in [7, 11) is 0. The SMILES string of the molecule is CCOc1ccc(C=C(CO)C(C)C)cc1. The molecule has 1 N–H and O–H groups in total. The second kappa shape index (κ2) is 6.33. The van der Waals surface area contributed by atoms with Gasteiger partial charge in [-0.05, 0) is 36.1 Å². The van der Waals surface area contributed by atoms with Gasteiger partial charge < -0.3 is 9.84 Å². The van der Waals surface area contributed by atoms with E-state index in [0.29, 0.717) is 12.5 Å². The van der Waals surface area contributed by atoms with Gasteiger partial charge in [0, 0.05) is 0 Å². The van der Waals surface area contributed by atoms with Crippen LogP contribution in [-0.2, 0) is 0 Å². The third-order valence-corrected chi connectivity index (χ3v) is 2.47. The van der Waals surface area contributed by atoms with E-state index in [9.17, 15) is 5.11 Å². The molecule has 0 radical (unpaired) electrons. The van der Waals surface area contributed by atoms with E-state index in [1.165, 1.54) is 0 Å². The Labute approximate surface area is 97.6 Å². The van der Waals surface area contributed by atoms with Crippen molar-refractivity contribution in [1.82, 2.24) is 0 Å². The van der Waals surface area contributed by atoms with Crippen molar-refractivity contribution in [2.45, 2.75) is 20.8 Å². The first-order valence-electron chi connectivity index (χ1n) is 5.71. The topological polar surface area (TPSA) is 29.5 Å². The van der Waals surface area contributed by atoms with E-state index in [1.807, 2.05) is 37.3 Å². The smallest absolute Gasteiger partial charge is 0.119 e. The summed E-state index contributed by atoms with van der Waals surface area (Å²) in [5, 5.41) is 9.20. The van der Waals surface area contributed by atoms with Crippen LogP contribution < -0.4 is 4.74 Å². The average Bonchev–Trinajstić information content (AvgIpc) is 2.28. The Kier molecular flexibility index (Phi) is 5.06. The molecule has 0 fully saturated rings. The summed E-state index contributed by atoms with van der Waals surface area (Å²) >= 11 is 0. The summed E-state index contributed by atoms with van der Waals surface area (Å²) < 4.78 is 5.37. The van der Waals surface area contributed by atoms with Gasteiger partial charge in [0.2, 0.25) is 0 Å². The van der Waals surface area contributed by atoms with Gasteiger partial charge in [0.15, 0.2) is 0 Å². The highest BCUT2D eigenvalue weighted by atomic mass is 16.5. The van der Waals surface area contributed by atoms with Crippen molar-refractivity contribution in [3.8, 4) is 5.75 Å². The quantitative estimate of drug-likeness (QED) is 0.826. The van der Waals surface area contributed by atoms with Gasteiger partial charge in [-0.2, -0.15) is 0 Å². The predicted molar refractivity (Wildman–Crippen MR) is 67.5 cm³/mol. The molecular weight excluding hydrogens is 200 g/mol. The molecule has 0 atom stereocenters. The molecule has 0 aromatic heterocycles. The van der Waals surface area contributed by atoms with Crippen molar-refractivity contribution >= 4 is 6.08 Å². The molecule has 0 aliphatic heterocycles. The largest absolute Gasteiger partial charge is 0.494 e. The van der Waals surface area contributed by atoms with Crippen molar-refractivity contribution in [2.75, 3.05) is 13.2 Å². The number of rotatable bonds is 5. The molecule has 0 spiro atoms. The Hall–Kier alpha value is -1.28. The lowest BCUT2D eigenvalue weighted by atomic mass is 10.0. The van der Waals surface area contributed by atoms with Crippen molar-refractivity contribution in [3.05, 3.63) is 35.4 Å². The Morgan fingerprint density at radius 3 is 2.38 bits per heavy atom. The highest BCUT2D eigenvalue weighted by molar-refractivity contribution is 5.54. The lowest BCUT2D eigenvalue weighted by Crippen LogP contribution is -1.98. The summed E-state index contributed by atoms with van der Waals surface area (Å²) in [4.78, 5) is 0. The van der Waals surface area contributed by atoms with Crippen LogP contribution in [0.4, 0.5) is 0 Å². The molecule has 0 saturated heterocycles. The normalized spacial score (nSPS) is 11.9. The van der Waals surface area contributed by atoms with Crippen LogP contribution in [-0.4, -0.2) is 18.3 Å². The molecule has 16 heavy (non-hydrogen) atoms. The third kappa shape index (κ3) is 3.70. The van der Waals surface area contributed by atoms with Crippen molar-refractivity contribution in [3.63, 3.8) is 0 Å². The standard InChI is InChI=1S/C14H20O2/c1-4-16-14-7-5-12(6-8-14)9-13(10-15)11(2)3/h5-9,11,15H,4,10H2,1-3H3. The number of aliphatic hydroxyl groups is 1. The monoisotopic (exact) mass is 220 g/mol. The van der Waals surface area contributed by atoms with E-state index in [-0.39, 0.29) is 6.61 Å². The van der Waals surface area contributed by atoms with Crippen molar-refractivity contribution < 1.29 is 9.84 Å². The van der Waals surface area contributed by atoms with Crippen LogP contribution >= 0.6 is 0 Å². The number of hydrogen-bond donors (Lipinski definition) is 1. The van der Waals surface area contributed by atoms with E-state index in [4.69, 9.17) is 4.74 Å². The second-order valence-electron chi connectivity index (χ2n) is 4.03. The van der Waals surface area contributed by atoms with Gasteiger partial charge in [-0.3, -0.25) is 0 Å². The predicted octanol–water partition coefficient (Wildman–Crippen LogP) is 3.12. The first-order chi connectivity index (χ1) is 7.67. The maximum absolute atomic E-state index is 9.20. The van der Waals surface area contributed by atoms with Gasteiger partial charge in [0.1, 0.15) is 5.75 Å². The van der Waals surface area contributed by atoms with Crippen LogP contribution in [0.25, 0.3) is 6.08 Å². The Morgan fingerprint density at radius 2 is 1.94 bits per heavy atom. The van der Waals surface area contributed by atoms with E-state index in [2.05, 4.69) is 13.8 Å². The van der Waals surface area contributed by atoms with Crippen molar-refractivity contribution in [2.24, 2.45) is 5.92 Å². The van der Waals surface area contributed by atoms with Crippen LogP contribution in [0.3, 0.4) is 0 Å². The molecule has 1 aromatic rings. The molecule has 0 aliphatic rings. The number of hydrogen-bond acceptors (Lipinski definition) is 2. The van der Waals surface area contributed by atoms with Gasteiger partial charge in [0.25, 0.3) is 0 Å². The molecular formula is C14H20O2. The first-order valence-corrected chi connectivity index (χ1v) is 5.71. The number of aliphatic hydroxyl groups excluding tert-OH is 1. The molecule has 0 unspecified atom stereocenters. The molecule has 0 amide bonds. The fourth-order valence-electron chi connectivity index (χ4n) is 1.44. The molecule has 0 bridgehead atoms. The van der Waals surface area contributed by atoms with E-state index in [0.717, 1.165) is 16.9 Å². The zero-order valence-electron chi connectivity index (χ0n) is 10.2. The molecule has 88 valence electrons. The fourth-order valence-corrected chi connectivity index (χ4v) is 1.44. The highest BCUT2D eigenvalue weighted by Crippen LogP contribution is 2.17. The zero-order chi connectivity index (χ0) is 12.0. The van der Waals surface area contributed by atoms with Gasteiger partial charge >= 0.3 is 0 Å². The molecule has 1 rings (SSSR count). The summed E-state index contributed by atoms with van der Waals surface area (Å²) in [6.07, 6.45) is 2.03. The van der Waals surface area contributed by atoms with Crippen LogP contribution in [0.5, 0.6) is 5.75 Å². The van der Waals surface area contributed by atoms with Crippen LogP contribution in [0.2, 0.25) is 0 Å². The Balaban J connectivity index is 2.81. The minimum Gasteiger partial charge on any atom is -0.494 e. The minimum absolute atomic E-state index is 0.116. The van der Waals surface area contributed by atoms with E-state index < -0.39 is 0 Å². The molecule has 0 heterocycles. The second-order valence-corrected chi connectivity index (χ2v) is 4.03. The van der Waals surface area contributed by atoms with Gasteiger partial charge in [-0.25, -0.2) is 0 Å². The Morgan fingerprint density at radius 1 is 1.31 bits per heavy atom. The minimum atomic E-state index is 0.116. The molecule has 0 aliphatic carbocycles. The fraction of sp³-hybridized carbons (Fsp3) is 0.429. The summed E-state index contributed by atoms with van der Waals surface area (Å²) in [6, 6.07) is 7.90. The maximum Gasteiger partial charge on any atom is 0.119 e. The zero-order valence-corrected chi connectivity index (χ0v) is 10.2. The van der Waals surface area contributed by atoms with Gasteiger partial charge in [-0.15, -0.1) is 0 Å². The lowest BCUT2D eigenvalue weighted by molar-refractivity contribution is 0.320. The van der Waals surface area contributed by atoms with Gasteiger partial charge in [-0.1, -0.05) is 32.1 Å². The molecule has 0 saturated carbocycles. The van der Waals surface area contributed by atoms with Gasteiger partial charge in [0.05, 0.1) is 13.2 Å². The lowest BCUT2D eigenvalue weighted by Gasteiger charge is -2.08. The summed E-state index contributed by atoms with van der Waals surface area (Å²) in [5.41, 5.74) is 2.14.